The Hall–Kier alpha value is -2.10. The van der Waals surface area contributed by atoms with Gasteiger partial charge in [0, 0.05) is 32.3 Å². The molecule has 0 spiro atoms. The van der Waals surface area contributed by atoms with E-state index < -0.39 is 15.4 Å². The first-order valence-corrected chi connectivity index (χ1v) is 10.1. The van der Waals surface area contributed by atoms with Crippen molar-refractivity contribution in [1.29, 1.82) is 0 Å². The van der Waals surface area contributed by atoms with Gasteiger partial charge in [0.1, 0.15) is 0 Å². The predicted octanol–water partition coefficient (Wildman–Crippen LogP) is 1.10. The molecule has 0 saturated heterocycles. The van der Waals surface area contributed by atoms with E-state index in [9.17, 15) is 18.3 Å². The zero-order valence-corrected chi connectivity index (χ0v) is 15.8. The molecule has 10 heteroatoms. The third-order valence-electron chi connectivity index (χ3n) is 4.19. The quantitative estimate of drug-likeness (QED) is 0.740. The number of fused-ring (bicyclic) bond motifs is 1. The fourth-order valence-corrected chi connectivity index (χ4v) is 3.69. The number of hydrogen-bond donors (Lipinski definition) is 2. The van der Waals surface area contributed by atoms with Gasteiger partial charge in [0.2, 0.25) is 15.0 Å². The number of aromatic hydroxyl groups is 1. The first-order chi connectivity index (χ1) is 12.2. The van der Waals surface area contributed by atoms with Gasteiger partial charge < -0.3 is 9.84 Å². The number of H-pyrrole nitrogens is 1. The van der Waals surface area contributed by atoms with E-state index in [4.69, 9.17) is 16.3 Å². The summed E-state index contributed by atoms with van der Waals surface area (Å²) in [6.07, 6.45) is 1.47. The Morgan fingerprint density at radius 3 is 2.81 bits per heavy atom. The maximum atomic E-state index is 12.3. The highest BCUT2D eigenvalue weighted by Crippen LogP contribution is 2.35. The van der Waals surface area contributed by atoms with Crippen LogP contribution in [0.5, 0.6) is 11.5 Å². The topological polar surface area (TPSA) is 113 Å². The van der Waals surface area contributed by atoms with Gasteiger partial charge in [0.25, 0.3) is 5.56 Å². The lowest BCUT2D eigenvalue weighted by Gasteiger charge is -2.27. The predicted molar refractivity (Wildman–Crippen MR) is 95.5 cm³/mol. The van der Waals surface area contributed by atoms with Gasteiger partial charge in [-0.2, -0.15) is 0 Å². The van der Waals surface area contributed by atoms with Crippen molar-refractivity contribution in [1.82, 2.24) is 14.9 Å². The van der Waals surface area contributed by atoms with E-state index in [1.807, 2.05) is 4.90 Å². The molecule has 3 rings (SSSR count). The van der Waals surface area contributed by atoms with E-state index in [0.717, 1.165) is 11.8 Å². The van der Waals surface area contributed by atoms with Crippen LogP contribution in [0.2, 0.25) is 5.02 Å². The third-order valence-corrected chi connectivity index (χ3v) is 5.38. The fourth-order valence-electron chi connectivity index (χ4n) is 2.90. The molecule has 0 bridgehead atoms. The minimum absolute atomic E-state index is 0.115. The van der Waals surface area contributed by atoms with Gasteiger partial charge in [-0.05, 0) is 17.7 Å². The minimum Gasteiger partial charge on any atom is -0.503 e. The minimum atomic E-state index is -3.57. The van der Waals surface area contributed by atoms with E-state index in [0.29, 0.717) is 37.3 Å². The first kappa shape index (κ1) is 18.7. The number of phenolic OH excluding ortho intramolecular Hbond substituents is 1. The van der Waals surface area contributed by atoms with Gasteiger partial charge in [-0.25, -0.2) is 13.4 Å². The van der Waals surface area contributed by atoms with Crippen molar-refractivity contribution in [3.63, 3.8) is 0 Å². The maximum absolute atomic E-state index is 12.3. The second-order valence-corrected chi connectivity index (χ2v) is 8.50. The smallest absolute Gasteiger partial charge is 0.256 e. The van der Waals surface area contributed by atoms with Crippen LogP contribution in [0, 0.1) is 0 Å². The molecular weight excluding hydrogens is 382 g/mol. The molecule has 0 fully saturated rings. The van der Waals surface area contributed by atoms with E-state index in [1.165, 1.54) is 7.11 Å². The molecule has 26 heavy (non-hydrogen) atoms. The highest BCUT2D eigenvalue weighted by molar-refractivity contribution is 7.90. The van der Waals surface area contributed by atoms with Crippen molar-refractivity contribution in [3.8, 4) is 11.5 Å². The highest BCUT2D eigenvalue weighted by Gasteiger charge is 2.24. The lowest BCUT2D eigenvalue weighted by atomic mass is 10.1. The third kappa shape index (κ3) is 3.69. The van der Waals surface area contributed by atoms with Gasteiger partial charge in [0.05, 0.1) is 23.4 Å². The monoisotopic (exact) mass is 399 g/mol. The molecule has 2 aromatic rings. The molecule has 2 heterocycles. The van der Waals surface area contributed by atoms with Crippen LogP contribution in [0.1, 0.15) is 16.8 Å². The summed E-state index contributed by atoms with van der Waals surface area (Å²) in [6, 6.07) is 3.33. The summed E-state index contributed by atoms with van der Waals surface area (Å²) in [5.41, 5.74) is 1.35. The number of hydrogen-bond acceptors (Lipinski definition) is 7. The molecular formula is C16H18ClN3O5S. The molecule has 0 amide bonds. The van der Waals surface area contributed by atoms with Crippen LogP contribution in [-0.4, -0.2) is 48.3 Å². The molecule has 0 radical (unpaired) electrons. The summed E-state index contributed by atoms with van der Waals surface area (Å²) >= 11 is 6.01. The molecule has 8 nitrogen and oxygen atoms in total. The molecule has 0 aliphatic carbocycles. The summed E-state index contributed by atoms with van der Waals surface area (Å²) in [5, 5.41) is 9.70. The first-order valence-electron chi connectivity index (χ1n) is 7.79. The van der Waals surface area contributed by atoms with Crippen LogP contribution < -0.4 is 10.3 Å². The number of halogens is 1. The molecule has 1 aliphatic heterocycles. The Kier molecular flexibility index (Phi) is 4.96. The molecule has 0 atom stereocenters. The Labute approximate surface area is 155 Å². The second-order valence-electron chi connectivity index (χ2n) is 6.16. The van der Waals surface area contributed by atoms with Gasteiger partial charge in [-0.3, -0.25) is 14.7 Å². The van der Waals surface area contributed by atoms with E-state index in [1.54, 1.807) is 12.1 Å². The van der Waals surface area contributed by atoms with Crippen molar-refractivity contribution in [3.05, 3.63) is 44.3 Å². The highest BCUT2D eigenvalue weighted by atomic mass is 35.5. The summed E-state index contributed by atoms with van der Waals surface area (Å²) in [7, 11) is -2.13. The van der Waals surface area contributed by atoms with E-state index >= 15 is 0 Å². The Morgan fingerprint density at radius 2 is 2.15 bits per heavy atom. The average molecular weight is 400 g/mol. The van der Waals surface area contributed by atoms with Crippen LogP contribution in [0.4, 0.5) is 0 Å². The number of phenols is 1. The van der Waals surface area contributed by atoms with Crippen LogP contribution in [0.25, 0.3) is 0 Å². The summed E-state index contributed by atoms with van der Waals surface area (Å²) < 4.78 is 28.3. The van der Waals surface area contributed by atoms with Crippen molar-refractivity contribution in [2.75, 3.05) is 19.9 Å². The van der Waals surface area contributed by atoms with Gasteiger partial charge in [-0.1, -0.05) is 11.6 Å². The Balaban J connectivity index is 1.86. The van der Waals surface area contributed by atoms with Gasteiger partial charge in [-0.15, -0.1) is 0 Å². The lowest BCUT2D eigenvalue weighted by molar-refractivity contribution is 0.240. The van der Waals surface area contributed by atoms with Crippen LogP contribution >= 0.6 is 11.6 Å². The van der Waals surface area contributed by atoms with E-state index in [-0.39, 0.29) is 21.7 Å². The number of aromatic amines is 1. The number of nitrogens with one attached hydrogen (secondary N) is 1. The number of nitrogens with zero attached hydrogens (tertiary/aromatic N) is 2. The summed E-state index contributed by atoms with van der Waals surface area (Å²) in [4.78, 5) is 20.7. The number of aromatic nitrogens is 2. The van der Waals surface area contributed by atoms with Gasteiger partial charge >= 0.3 is 0 Å². The number of methoxy groups -OCH3 is 1. The SMILES string of the molecule is COc1cc(CN2CCc3nc(S(C)(=O)=O)[nH]c(=O)c3C2)cc(Cl)c1O. The standard InChI is InChI=1S/C16H18ClN3O5S/c1-25-13-6-9(5-11(17)14(13)21)7-20-4-3-12-10(8-20)15(22)19-16(18-12)26(2,23)24/h5-6,21H,3-4,7-8H2,1-2H3,(H,18,19,22). The van der Waals surface area contributed by atoms with Crippen molar-refractivity contribution >= 4 is 21.4 Å². The van der Waals surface area contributed by atoms with Crippen molar-refractivity contribution < 1.29 is 18.3 Å². The number of benzene rings is 1. The number of rotatable bonds is 4. The summed E-state index contributed by atoms with van der Waals surface area (Å²) in [6.45, 7) is 1.43. The van der Waals surface area contributed by atoms with Crippen molar-refractivity contribution in [2.45, 2.75) is 24.7 Å². The molecule has 0 unspecified atom stereocenters. The van der Waals surface area contributed by atoms with Crippen LogP contribution in [0.15, 0.2) is 22.1 Å². The largest absolute Gasteiger partial charge is 0.503 e. The number of sulfone groups is 1. The molecule has 0 saturated carbocycles. The van der Waals surface area contributed by atoms with Crippen LogP contribution in [-0.2, 0) is 29.3 Å². The summed E-state index contributed by atoms with van der Waals surface area (Å²) in [5.74, 6) is 0.165. The zero-order chi connectivity index (χ0) is 19.1. The van der Waals surface area contributed by atoms with E-state index in [2.05, 4.69) is 9.97 Å². The Morgan fingerprint density at radius 1 is 1.42 bits per heavy atom. The fraction of sp³-hybridized carbons (Fsp3) is 0.375. The maximum Gasteiger partial charge on any atom is 0.256 e. The van der Waals surface area contributed by atoms with Gasteiger partial charge in [0.15, 0.2) is 11.5 Å². The van der Waals surface area contributed by atoms with Crippen molar-refractivity contribution in [2.24, 2.45) is 0 Å². The Bertz CT molecular complexity index is 1020. The molecule has 1 aliphatic rings. The normalized spacial score (nSPS) is 14.9. The molecule has 140 valence electrons. The molecule has 1 aromatic carbocycles. The molecule has 2 N–H and O–H groups in total. The average Bonchev–Trinajstić information content (AvgIpc) is 2.57. The lowest BCUT2D eigenvalue weighted by Crippen LogP contribution is -2.36. The zero-order valence-electron chi connectivity index (χ0n) is 14.2. The second kappa shape index (κ2) is 6.90. The molecule has 1 aromatic heterocycles. The number of ether oxygens (including phenoxy) is 1. The van der Waals surface area contributed by atoms with Crippen LogP contribution in [0.3, 0.4) is 0 Å².